The van der Waals surface area contributed by atoms with Gasteiger partial charge in [0.25, 0.3) is 0 Å². The van der Waals surface area contributed by atoms with E-state index in [1.807, 2.05) is 26.2 Å². The number of nitrogens with zero attached hydrogens (tertiary/aromatic N) is 2. The van der Waals surface area contributed by atoms with Crippen LogP contribution in [0.4, 0.5) is 5.69 Å². The first kappa shape index (κ1) is 15.8. The van der Waals surface area contributed by atoms with Crippen LogP contribution in [0.1, 0.15) is 19.4 Å². The minimum Gasteiger partial charge on any atom is -0.384 e. The van der Waals surface area contributed by atoms with Gasteiger partial charge in [-0.15, -0.1) is 0 Å². The van der Waals surface area contributed by atoms with E-state index in [-0.39, 0.29) is 5.84 Å². The number of rotatable bonds is 6. The summed E-state index contributed by atoms with van der Waals surface area (Å²) >= 11 is 6.08. The number of amidine groups is 1. The van der Waals surface area contributed by atoms with E-state index in [4.69, 9.17) is 22.7 Å². The Labute approximate surface area is 120 Å². The van der Waals surface area contributed by atoms with Crippen LogP contribution in [-0.2, 0) is 0 Å². The standard InChI is InChI=1S/C14H23ClN4/c1-5-19(10(2)9-18(3)4)13-8-11(15)6-7-12(13)14(16)17/h6-8,10H,5,9H2,1-4H3,(H3,16,17). The van der Waals surface area contributed by atoms with Gasteiger partial charge in [-0.25, -0.2) is 0 Å². The molecule has 0 bridgehead atoms. The summed E-state index contributed by atoms with van der Waals surface area (Å²) in [5, 5.41) is 8.36. The highest BCUT2D eigenvalue weighted by Crippen LogP contribution is 2.26. The highest BCUT2D eigenvalue weighted by Gasteiger charge is 2.18. The van der Waals surface area contributed by atoms with Crippen LogP contribution < -0.4 is 10.6 Å². The molecule has 1 aromatic carbocycles. The lowest BCUT2D eigenvalue weighted by Gasteiger charge is -2.33. The average molecular weight is 283 g/mol. The quantitative estimate of drug-likeness (QED) is 0.622. The van der Waals surface area contributed by atoms with E-state index in [0.717, 1.165) is 24.3 Å². The second-order valence-corrected chi connectivity index (χ2v) is 5.41. The molecule has 0 heterocycles. The topological polar surface area (TPSA) is 56.4 Å². The summed E-state index contributed by atoms with van der Waals surface area (Å²) in [5.74, 6) is 0.0715. The van der Waals surface area contributed by atoms with Crippen molar-refractivity contribution in [3.05, 3.63) is 28.8 Å². The first-order valence-corrected chi connectivity index (χ1v) is 6.80. The van der Waals surface area contributed by atoms with Crippen molar-refractivity contribution in [3.63, 3.8) is 0 Å². The van der Waals surface area contributed by atoms with Gasteiger partial charge in [0, 0.05) is 35.4 Å². The first-order chi connectivity index (χ1) is 8.86. The second-order valence-electron chi connectivity index (χ2n) is 4.97. The Morgan fingerprint density at radius 2 is 2.05 bits per heavy atom. The van der Waals surface area contributed by atoms with Crippen molar-refractivity contribution in [3.8, 4) is 0 Å². The van der Waals surface area contributed by atoms with Crippen molar-refractivity contribution in [1.82, 2.24) is 4.90 Å². The minimum absolute atomic E-state index is 0.0715. The lowest BCUT2D eigenvalue weighted by Crippen LogP contribution is -2.41. The van der Waals surface area contributed by atoms with E-state index in [0.29, 0.717) is 11.1 Å². The molecule has 1 rings (SSSR count). The predicted octanol–water partition coefficient (Wildman–Crippen LogP) is 2.40. The molecule has 1 atom stereocenters. The third-order valence-corrected chi connectivity index (χ3v) is 3.30. The summed E-state index contributed by atoms with van der Waals surface area (Å²) in [6, 6.07) is 5.78. The van der Waals surface area contributed by atoms with Gasteiger partial charge in [0.1, 0.15) is 5.84 Å². The van der Waals surface area contributed by atoms with Crippen molar-refractivity contribution in [2.75, 3.05) is 32.1 Å². The molecule has 1 unspecified atom stereocenters. The van der Waals surface area contributed by atoms with Crippen LogP contribution in [-0.4, -0.2) is 44.0 Å². The number of halogens is 1. The van der Waals surface area contributed by atoms with Gasteiger partial charge < -0.3 is 15.5 Å². The zero-order chi connectivity index (χ0) is 14.6. The summed E-state index contributed by atoms with van der Waals surface area (Å²) in [7, 11) is 4.10. The molecule has 0 fully saturated rings. The average Bonchev–Trinajstić information content (AvgIpc) is 2.28. The third-order valence-electron chi connectivity index (χ3n) is 3.06. The summed E-state index contributed by atoms with van der Waals surface area (Å²) in [6.07, 6.45) is 0. The number of anilines is 1. The van der Waals surface area contributed by atoms with Crippen LogP contribution in [0.2, 0.25) is 5.02 Å². The maximum absolute atomic E-state index is 7.70. The fourth-order valence-electron chi connectivity index (χ4n) is 2.32. The second kappa shape index (κ2) is 6.78. The number of nitrogens with one attached hydrogen (secondary N) is 1. The third kappa shape index (κ3) is 4.11. The van der Waals surface area contributed by atoms with E-state index in [1.165, 1.54) is 0 Å². The molecule has 0 radical (unpaired) electrons. The number of hydrogen-bond donors (Lipinski definition) is 2. The molecule has 0 saturated carbocycles. The Hall–Kier alpha value is -1.26. The molecule has 0 aromatic heterocycles. The predicted molar refractivity (Wildman–Crippen MR) is 83.5 cm³/mol. The molecule has 0 amide bonds. The van der Waals surface area contributed by atoms with Gasteiger partial charge in [0.05, 0.1) is 0 Å². The fraction of sp³-hybridized carbons (Fsp3) is 0.500. The van der Waals surface area contributed by atoms with Crippen LogP contribution in [0.5, 0.6) is 0 Å². The van der Waals surface area contributed by atoms with Gasteiger partial charge in [-0.1, -0.05) is 11.6 Å². The Morgan fingerprint density at radius 3 is 2.53 bits per heavy atom. The van der Waals surface area contributed by atoms with Crippen molar-refractivity contribution in [2.45, 2.75) is 19.9 Å². The SMILES string of the molecule is CCN(c1cc(Cl)ccc1C(=N)N)C(C)CN(C)C. The van der Waals surface area contributed by atoms with E-state index >= 15 is 0 Å². The number of nitrogen functional groups attached to an aromatic ring is 1. The molecule has 0 spiro atoms. The number of likely N-dealkylation sites (N-methyl/N-ethyl adjacent to an activating group) is 2. The molecule has 0 aliphatic heterocycles. The van der Waals surface area contributed by atoms with Crippen molar-refractivity contribution < 1.29 is 0 Å². The van der Waals surface area contributed by atoms with Gasteiger partial charge in [-0.3, -0.25) is 5.41 Å². The molecule has 5 heteroatoms. The van der Waals surface area contributed by atoms with Gasteiger partial charge in [-0.2, -0.15) is 0 Å². The number of hydrogen-bond acceptors (Lipinski definition) is 3. The summed E-state index contributed by atoms with van der Waals surface area (Å²) < 4.78 is 0. The minimum atomic E-state index is 0.0715. The lowest BCUT2D eigenvalue weighted by molar-refractivity contribution is 0.373. The first-order valence-electron chi connectivity index (χ1n) is 6.42. The number of benzene rings is 1. The van der Waals surface area contributed by atoms with E-state index in [1.54, 1.807) is 6.07 Å². The largest absolute Gasteiger partial charge is 0.384 e. The van der Waals surface area contributed by atoms with Gasteiger partial charge in [0.15, 0.2) is 0 Å². The molecule has 106 valence electrons. The molecule has 4 nitrogen and oxygen atoms in total. The Balaban J connectivity index is 3.16. The summed E-state index contributed by atoms with van der Waals surface area (Å²) in [5.41, 5.74) is 7.32. The van der Waals surface area contributed by atoms with E-state index in [9.17, 15) is 0 Å². The fourth-order valence-corrected chi connectivity index (χ4v) is 2.48. The van der Waals surface area contributed by atoms with Crippen molar-refractivity contribution in [1.29, 1.82) is 5.41 Å². The van der Waals surface area contributed by atoms with Crippen LogP contribution in [0.3, 0.4) is 0 Å². The smallest absolute Gasteiger partial charge is 0.124 e. The van der Waals surface area contributed by atoms with Gasteiger partial charge in [-0.05, 0) is 46.1 Å². The molecule has 0 saturated heterocycles. The molecular formula is C14H23ClN4. The Kier molecular flexibility index (Phi) is 5.63. The summed E-state index contributed by atoms with van der Waals surface area (Å²) in [6.45, 7) is 6.03. The maximum Gasteiger partial charge on any atom is 0.124 e. The van der Waals surface area contributed by atoms with Crippen LogP contribution in [0, 0.1) is 5.41 Å². The number of nitrogens with two attached hydrogens (primary N) is 1. The molecule has 3 N–H and O–H groups in total. The van der Waals surface area contributed by atoms with Gasteiger partial charge in [0.2, 0.25) is 0 Å². The van der Waals surface area contributed by atoms with Crippen LogP contribution >= 0.6 is 11.6 Å². The Bertz CT molecular complexity index is 445. The zero-order valence-corrected chi connectivity index (χ0v) is 12.8. The van der Waals surface area contributed by atoms with Crippen LogP contribution in [0.25, 0.3) is 0 Å². The van der Waals surface area contributed by atoms with E-state index in [2.05, 4.69) is 23.6 Å². The van der Waals surface area contributed by atoms with E-state index < -0.39 is 0 Å². The lowest BCUT2D eigenvalue weighted by atomic mass is 10.1. The van der Waals surface area contributed by atoms with Gasteiger partial charge >= 0.3 is 0 Å². The monoisotopic (exact) mass is 282 g/mol. The maximum atomic E-state index is 7.70. The molecule has 0 aliphatic rings. The molecule has 1 aromatic rings. The highest BCUT2D eigenvalue weighted by molar-refractivity contribution is 6.31. The van der Waals surface area contributed by atoms with Crippen molar-refractivity contribution in [2.24, 2.45) is 5.73 Å². The Morgan fingerprint density at radius 1 is 1.42 bits per heavy atom. The summed E-state index contributed by atoms with van der Waals surface area (Å²) in [4.78, 5) is 4.37. The normalized spacial score (nSPS) is 12.5. The molecule has 19 heavy (non-hydrogen) atoms. The van der Waals surface area contributed by atoms with Crippen molar-refractivity contribution >= 4 is 23.1 Å². The van der Waals surface area contributed by atoms with Crippen LogP contribution in [0.15, 0.2) is 18.2 Å². The molecule has 0 aliphatic carbocycles. The zero-order valence-electron chi connectivity index (χ0n) is 12.1. The highest BCUT2D eigenvalue weighted by atomic mass is 35.5. The molecular weight excluding hydrogens is 260 g/mol.